The number of aliphatic hydroxyl groups is 1. The Morgan fingerprint density at radius 1 is 0.791 bits per heavy atom. The number of carbonyl (C=O) groups is 2. The van der Waals surface area contributed by atoms with Crippen molar-refractivity contribution in [3.05, 3.63) is 23.8 Å². The third kappa shape index (κ3) is 16.2. The van der Waals surface area contributed by atoms with Crippen molar-refractivity contribution in [3.8, 4) is 12.3 Å². The van der Waals surface area contributed by atoms with Crippen LogP contribution in [0.2, 0.25) is 0 Å². The largest absolute Gasteiger partial charge is 1.00 e. The van der Waals surface area contributed by atoms with Crippen LogP contribution in [0.5, 0.6) is 0 Å². The van der Waals surface area contributed by atoms with E-state index in [2.05, 4.69) is 69.4 Å². The van der Waals surface area contributed by atoms with Gasteiger partial charge in [0.05, 0.1) is 69.8 Å². The smallest absolute Gasteiger partial charge is 0.247 e. The first-order valence-corrected chi connectivity index (χ1v) is 23.4. The number of unbranched alkanes of at least 4 members (excludes halogenated alkanes) is 1. The van der Waals surface area contributed by atoms with Crippen LogP contribution in [0, 0.1) is 24.2 Å². The number of hydrogen-bond donors (Lipinski definition) is 5. The van der Waals surface area contributed by atoms with Crippen LogP contribution in [0.4, 0.5) is 17.8 Å². The fourth-order valence-electron chi connectivity index (χ4n) is 7.80. The maximum absolute atomic E-state index is 14.2. The molecule has 0 saturated carbocycles. The molecule has 2 fully saturated rings. The molecule has 0 bridgehead atoms. The molecule has 0 spiro atoms. The lowest BCUT2D eigenvalue weighted by Gasteiger charge is -2.38. The molecule has 8 N–H and O–H groups in total. The topological polar surface area (TPSA) is 285 Å². The summed E-state index contributed by atoms with van der Waals surface area (Å²) >= 11 is 0. The quantitative estimate of drug-likeness (QED) is 0.0362. The van der Waals surface area contributed by atoms with Gasteiger partial charge in [0.1, 0.15) is 24.4 Å². The number of rotatable bonds is 28. The number of carbonyl (C=O) groups excluding carboxylic acids is 2. The van der Waals surface area contributed by atoms with Gasteiger partial charge in [0, 0.05) is 58.9 Å². The minimum Gasteiger partial charge on any atom is -1.00 e. The van der Waals surface area contributed by atoms with Gasteiger partial charge in [-0.15, -0.1) is 16.6 Å². The fourth-order valence-corrected chi connectivity index (χ4v) is 7.80. The summed E-state index contributed by atoms with van der Waals surface area (Å²) in [5.41, 5.74) is 19.3. The van der Waals surface area contributed by atoms with Crippen LogP contribution in [0.1, 0.15) is 95.4 Å². The summed E-state index contributed by atoms with van der Waals surface area (Å²) in [5, 5.41) is 30.0. The molecular weight excluding hydrogens is 886 g/mol. The van der Waals surface area contributed by atoms with Gasteiger partial charge >= 0.3 is 0 Å². The average molecular weight is 960 g/mol. The Bertz CT molecular complexity index is 1950. The van der Waals surface area contributed by atoms with E-state index in [0.29, 0.717) is 140 Å². The number of aliphatic hydroxyl groups excluding tert-OH is 1. The van der Waals surface area contributed by atoms with Crippen LogP contribution < -0.4 is 44.7 Å². The van der Waals surface area contributed by atoms with E-state index in [1.807, 2.05) is 16.0 Å². The summed E-state index contributed by atoms with van der Waals surface area (Å²) in [7, 11) is 0. The lowest BCUT2D eigenvalue weighted by Crippen LogP contribution is -3.00. The van der Waals surface area contributed by atoms with Crippen molar-refractivity contribution in [2.24, 2.45) is 29.0 Å². The molecule has 67 heavy (non-hydrogen) atoms. The Hall–Kier alpha value is -4.80. The predicted octanol–water partition coefficient (Wildman–Crippen LogP) is -2.85. The molecule has 0 aliphatic carbocycles. The summed E-state index contributed by atoms with van der Waals surface area (Å²) in [4.78, 5) is 50.8. The van der Waals surface area contributed by atoms with Crippen molar-refractivity contribution in [2.45, 2.75) is 84.0 Å². The molecule has 2 amide bonds. The minimum atomic E-state index is -0.693. The summed E-state index contributed by atoms with van der Waals surface area (Å²) in [6.45, 7) is 15.1. The summed E-state index contributed by atoms with van der Waals surface area (Å²) in [5.74, 6) is 4.10. The Morgan fingerprint density at radius 2 is 1.34 bits per heavy atom. The fraction of sp³-hybridized carbons (Fsp3) is 0.744. The van der Waals surface area contributed by atoms with Gasteiger partial charge in [-0.2, -0.15) is 15.0 Å². The summed E-state index contributed by atoms with van der Waals surface area (Å²) in [6.07, 6.45) is 12.3. The molecule has 24 heteroatoms. The number of aromatic nitrogens is 9. The summed E-state index contributed by atoms with van der Waals surface area (Å²) in [6, 6.07) is -2.05. The van der Waals surface area contributed by atoms with E-state index in [1.165, 1.54) is 0 Å². The van der Waals surface area contributed by atoms with Crippen LogP contribution in [-0.4, -0.2) is 183 Å². The number of nitrogens with zero attached hydrogens (tertiary/aromatic N) is 13. The molecule has 3 aromatic heterocycles. The van der Waals surface area contributed by atoms with Gasteiger partial charge in [-0.3, -0.25) is 9.59 Å². The van der Waals surface area contributed by atoms with Gasteiger partial charge in [-0.1, -0.05) is 50.5 Å². The van der Waals surface area contributed by atoms with Crippen molar-refractivity contribution in [2.75, 3.05) is 127 Å². The van der Waals surface area contributed by atoms with Crippen LogP contribution >= 0.6 is 0 Å². The number of anilines is 3. The van der Waals surface area contributed by atoms with E-state index in [1.54, 1.807) is 15.6 Å². The number of amides is 2. The first kappa shape index (κ1) is 54.8. The van der Waals surface area contributed by atoms with Gasteiger partial charge in [0.15, 0.2) is 0 Å². The highest BCUT2D eigenvalue weighted by atomic mass is 35.5. The average Bonchev–Trinajstić information content (AvgIpc) is 4.03. The van der Waals surface area contributed by atoms with E-state index >= 15 is 0 Å². The Morgan fingerprint density at radius 3 is 1.91 bits per heavy atom. The van der Waals surface area contributed by atoms with E-state index < -0.39 is 18.1 Å². The summed E-state index contributed by atoms with van der Waals surface area (Å²) < 4.78 is 19.8. The lowest BCUT2D eigenvalue weighted by atomic mass is 9.97. The zero-order valence-corrected chi connectivity index (χ0v) is 40.4. The molecule has 2 aliphatic rings. The molecular formula is C43H73ClN17O6-. The highest BCUT2D eigenvalue weighted by Gasteiger charge is 2.35. The number of nitrogens with two attached hydrogens (primary N) is 3. The van der Waals surface area contributed by atoms with E-state index in [9.17, 15) is 14.7 Å². The second-order valence-electron chi connectivity index (χ2n) is 17.2. The van der Waals surface area contributed by atoms with E-state index in [-0.39, 0.29) is 49.4 Å². The van der Waals surface area contributed by atoms with Gasteiger partial charge in [-0.05, 0) is 44.1 Å². The third-order valence-electron chi connectivity index (χ3n) is 11.8. The van der Waals surface area contributed by atoms with Crippen molar-refractivity contribution in [3.63, 3.8) is 0 Å². The zero-order valence-electron chi connectivity index (χ0n) is 39.7. The maximum Gasteiger partial charge on any atom is 0.247 e. The number of terminal acetylenes is 1. The van der Waals surface area contributed by atoms with Crippen LogP contribution in [-0.2, 0) is 23.8 Å². The molecule has 5 rings (SSSR count). The Kier molecular flexibility index (Phi) is 23.3. The highest BCUT2D eigenvalue weighted by molar-refractivity contribution is 5.81. The highest BCUT2D eigenvalue weighted by Crippen LogP contribution is 2.27. The predicted molar refractivity (Wildman–Crippen MR) is 248 cm³/mol. The van der Waals surface area contributed by atoms with Crippen molar-refractivity contribution >= 4 is 29.7 Å². The van der Waals surface area contributed by atoms with Gasteiger partial charge in [0.2, 0.25) is 29.7 Å². The molecule has 374 valence electrons. The van der Waals surface area contributed by atoms with Crippen LogP contribution in [0.15, 0.2) is 12.4 Å². The second-order valence-corrected chi connectivity index (χ2v) is 17.2. The van der Waals surface area contributed by atoms with E-state index in [4.69, 9.17) is 52.8 Å². The number of nitrogens with one attached hydrogen (secondary N) is 1. The second kappa shape index (κ2) is 28.5. The number of hydrogen-bond acceptors (Lipinski definition) is 19. The first-order chi connectivity index (χ1) is 32.0. The van der Waals surface area contributed by atoms with Crippen molar-refractivity contribution in [1.29, 1.82) is 0 Å². The van der Waals surface area contributed by atoms with Gasteiger partial charge in [-0.25, -0.2) is 9.36 Å². The third-order valence-corrected chi connectivity index (χ3v) is 11.8. The van der Waals surface area contributed by atoms with Gasteiger partial charge in [0.25, 0.3) is 0 Å². The van der Waals surface area contributed by atoms with Crippen LogP contribution in [0.25, 0.3) is 0 Å². The first-order valence-electron chi connectivity index (χ1n) is 23.4. The lowest BCUT2D eigenvalue weighted by molar-refractivity contribution is -0.137. The zero-order chi connectivity index (χ0) is 47.4. The molecule has 3 aromatic rings. The molecule has 2 aliphatic heterocycles. The standard InChI is InChI=1S/C43H73N17O6.ClH/c1-6-21-64-23-25-66-26-24-65-22-12-47-41-48-42(57-17-13-55(14-18-57)39(62)37(10-8-9-11-44)59-28-36(52-53-59)34(46)30-61)50-43(49-41)58-19-15-56(16-20-58)40(63)38(32(5)7-2)60-29-35(51-54-60)33(45)27-31(3)4;/h1,28-29,31-34,37-38,61H,7-27,30,44-46H2,2-5H3,(H,47,48,49,50);1H/p-1/t32-,33-,34-,37-,38-;/m0./s1. The Labute approximate surface area is 400 Å². The number of halogens is 1. The van der Waals surface area contributed by atoms with E-state index in [0.717, 1.165) is 25.7 Å². The Balaban J connectivity index is 0.00000980. The number of piperazine rings is 2. The van der Waals surface area contributed by atoms with Crippen molar-refractivity contribution in [1.82, 2.24) is 54.7 Å². The molecule has 23 nitrogen and oxygen atoms in total. The monoisotopic (exact) mass is 959 g/mol. The molecule has 5 heterocycles. The maximum atomic E-state index is 14.2. The SMILES string of the molecule is C#CCOCCOCCOCCNc1nc(N2CCN(C(=O)[C@H]([C@@H](C)CC)n3cc([C@@H](N)CC(C)C)nn3)CC2)nc(N2CCN(C(=O)[C@H](CCCCN)n3cc([C@@H](N)CO)nn3)CC2)n1.[Cl-]. The molecule has 5 atom stereocenters. The van der Waals surface area contributed by atoms with Gasteiger partial charge < -0.3 is 73.8 Å². The normalized spacial score (nSPS) is 16.6. The minimum absolute atomic E-state index is 0. The number of ether oxygens (including phenoxy) is 3. The molecule has 2 saturated heterocycles. The molecule has 0 radical (unpaired) electrons. The molecule has 0 aromatic carbocycles. The van der Waals surface area contributed by atoms with Crippen molar-refractivity contribution < 1.29 is 41.3 Å². The molecule has 0 unspecified atom stereocenters. The van der Waals surface area contributed by atoms with Crippen LogP contribution in [0.3, 0.4) is 0 Å².